The van der Waals surface area contributed by atoms with Crippen LogP contribution in [0.2, 0.25) is 0 Å². The second kappa shape index (κ2) is 10.3. The van der Waals surface area contributed by atoms with Crippen molar-refractivity contribution < 1.29 is 9.50 Å². The molecule has 194 valence electrons. The summed E-state index contributed by atoms with van der Waals surface area (Å²) in [6.07, 6.45) is 10.8. The van der Waals surface area contributed by atoms with Gasteiger partial charge in [-0.3, -0.25) is 14.6 Å². The van der Waals surface area contributed by atoms with Gasteiger partial charge < -0.3 is 15.0 Å². The third-order valence-corrected chi connectivity index (χ3v) is 6.86. The van der Waals surface area contributed by atoms with Gasteiger partial charge in [-0.25, -0.2) is 14.4 Å². The number of aliphatic hydroxyl groups excluding tert-OH is 1. The molecule has 1 saturated heterocycles. The molecule has 1 aliphatic heterocycles. The minimum atomic E-state index is -0.316. The SMILES string of the molecule is CC(O)CN1CCN(c2cnc(-c3cnc4[nH]cc(-c5cnn(Cc6cccc(F)c6)c5)c4c3)cn2)CC1. The maximum atomic E-state index is 13.6. The average molecular weight is 513 g/mol. The van der Waals surface area contributed by atoms with Crippen LogP contribution in [-0.4, -0.2) is 78.6 Å². The van der Waals surface area contributed by atoms with E-state index >= 15 is 0 Å². The predicted molar refractivity (Wildman–Crippen MR) is 144 cm³/mol. The molecule has 0 aliphatic carbocycles. The molecule has 5 aromatic rings. The lowest BCUT2D eigenvalue weighted by Crippen LogP contribution is -2.48. The number of hydrogen-bond acceptors (Lipinski definition) is 7. The number of piperazine rings is 1. The molecule has 1 fully saturated rings. The molecule has 0 bridgehead atoms. The quantitative estimate of drug-likeness (QED) is 0.344. The highest BCUT2D eigenvalue weighted by molar-refractivity contribution is 5.95. The Kier molecular flexibility index (Phi) is 6.57. The molecule has 2 N–H and O–H groups in total. The van der Waals surface area contributed by atoms with Crippen LogP contribution in [0.3, 0.4) is 0 Å². The summed E-state index contributed by atoms with van der Waals surface area (Å²) in [7, 11) is 0. The zero-order chi connectivity index (χ0) is 26.1. The highest BCUT2D eigenvalue weighted by Crippen LogP contribution is 2.30. The number of nitrogens with zero attached hydrogens (tertiary/aromatic N) is 7. The van der Waals surface area contributed by atoms with Gasteiger partial charge in [-0.15, -0.1) is 0 Å². The van der Waals surface area contributed by atoms with Crippen LogP contribution in [0.1, 0.15) is 12.5 Å². The molecule has 1 aliphatic rings. The zero-order valence-corrected chi connectivity index (χ0v) is 21.1. The summed E-state index contributed by atoms with van der Waals surface area (Å²) in [5.74, 6) is 0.601. The molecule has 1 unspecified atom stereocenters. The number of benzene rings is 1. The lowest BCUT2D eigenvalue weighted by molar-refractivity contribution is 0.122. The van der Waals surface area contributed by atoms with Gasteiger partial charge >= 0.3 is 0 Å². The highest BCUT2D eigenvalue weighted by atomic mass is 19.1. The number of halogens is 1. The number of aromatic nitrogens is 6. The van der Waals surface area contributed by atoms with Gasteiger partial charge in [0.15, 0.2) is 0 Å². The number of aliphatic hydroxyl groups is 1. The smallest absolute Gasteiger partial charge is 0.147 e. The Morgan fingerprint density at radius 2 is 1.87 bits per heavy atom. The van der Waals surface area contributed by atoms with Crippen molar-refractivity contribution in [2.75, 3.05) is 37.6 Å². The van der Waals surface area contributed by atoms with Crippen LogP contribution >= 0.6 is 0 Å². The molecule has 6 rings (SSSR count). The van der Waals surface area contributed by atoms with Crippen LogP contribution in [0, 0.1) is 5.82 Å². The summed E-state index contributed by atoms with van der Waals surface area (Å²) in [4.78, 5) is 21.7. The first-order valence-electron chi connectivity index (χ1n) is 12.7. The number of β-amino-alcohol motifs (C(OH)–C–C–N with tert-alkyl or cyclic N) is 1. The Labute approximate surface area is 219 Å². The Hall–Kier alpha value is -4.15. The Bertz CT molecular complexity index is 1540. The van der Waals surface area contributed by atoms with Crippen LogP contribution in [0.4, 0.5) is 10.2 Å². The number of H-pyrrole nitrogens is 1. The minimum absolute atomic E-state index is 0.253. The zero-order valence-electron chi connectivity index (χ0n) is 21.1. The number of rotatable bonds is 7. The topological polar surface area (TPSA) is 99.0 Å². The molecule has 0 radical (unpaired) electrons. The Balaban J connectivity index is 1.19. The van der Waals surface area contributed by atoms with Gasteiger partial charge in [-0.05, 0) is 30.7 Å². The van der Waals surface area contributed by atoms with Crippen molar-refractivity contribution >= 4 is 16.9 Å². The van der Waals surface area contributed by atoms with E-state index in [0.29, 0.717) is 13.1 Å². The van der Waals surface area contributed by atoms with E-state index in [2.05, 4.69) is 40.9 Å². The molecule has 5 heterocycles. The van der Waals surface area contributed by atoms with Gasteiger partial charge in [0.05, 0.1) is 36.9 Å². The fraction of sp³-hybridized carbons (Fsp3) is 0.286. The van der Waals surface area contributed by atoms with Gasteiger partial charge in [-0.2, -0.15) is 5.10 Å². The molecule has 38 heavy (non-hydrogen) atoms. The van der Waals surface area contributed by atoms with Gasteiger partial charge in [0.2, 0.25) is 0 Å². The van der Waals surface area contributed by atoms with Crippen LogP contribution < -0.4 is 4.90 Å². The molecular weight excluding hydrogens is 483 g/mol. The monoisotopic (exact) mass is 512 g/mol. The lowest BCUT2D eigenvalue weighted by Gasteiger charge is -2.35. The van der Waals surface area contributed by atoms with Crippen LogP contribution in [0.5, 0.6) is 0 Å². The average Bonchev–Trinajstić information content (AvgIpc) is 3.55. The van der Waals surface area contributed by atoms with E-state index in [-0.39, 0.29) is 11.9 Å². The third-order valence-electron chi connectivity index (χ3n) is 6.86. The van der Waals surface area contributed by atoms with E-state index in [1.807, 2.05) is 37.8 Å². The summed E-state index contributed by atoms with van der Waals surface area (Å²) in [6, 6.07) is 8.62. The molecule has 10 heteroatoms. The lowest BCUT2D eigenvalue weighted by atomic mass is 10.1. The summed E-state index contributed by atoms with van der Waals surface area (Å²) in [6.45, 7) is 6.50. The standard InChI is InChI=1S/C28H29FN8O/c1-19(38)16-35-5-7-36(8-6-35)27-15-30-26(14-31-27)21-10-24-25(13-33-28(24)32-11-21)22-12-34-37(18-22)17-20-3-2-4-23(29)9-20/h2-4,9-15,18-19,38H,5-8,16-17H2,1H3,(H,32,33). The molecule has 0 saturated carbocycles. The van der Waals surface area contributed by atoms with Gasteiger partial charge in [0.25, 0.3) is 0 Å². The molecule has 1 aromatic carbocycles. The molecule has 4 aromatic heterocycles. The van der Waals surface area contributed by atoms with Crippen molar-refractivity contribution in [3.05, 3.63) is 78.9 Å². The number of anilines is 1. The summed E-state index contributed by atoms with van der Waals surface area (Å²) >= 11 is 0. The van der Waals surface area contributed by atoms with E-state index in [1.54, 1.807) is 23.1 Å². The number of fused-ring (bicyclic) bond motifs is 1. The first-order valence-corrected chi connectivity index (χ1v) is 12.7. The van der Waals surface area contributed by atoms with Crippen LogP contribution in [0.25, 0.3) is 33.4 Å². The van der Waals surface area contributed by atoms with E-state index in [4.69, 9.17) is 0 Å². The van der Waals surface area contributed by atoms with Crippen LogP contribution in [-0.2, 0) is 6.54 Å². The number of aromatic amines is 1. The van der Waals surface area contributed by atoms with Crippen molar-refractivity contribution in [2.24, 2.45) is 0 Å². The van der Waals surface area contributed by atoms with E-state index < -0.39 is 0 Å². The first kappa shape index (κ1) is 24.2. The Morgan fingerprint density at radius 3 is 2.63 bits per heavy atom. The first-order chi connectivity index (χ1) is 18.5. The maximum Gasteiger partial charge on any atom is 0.147 e. The Morgan fingerprint density at radius 1 is 1.00 bits per heavy atom. The van der Waals surface area contributed by atoms with Crippen LogP contribution in [0.15, 0.2) is 67.5 Å². The molecule has 9 nitrogen and oxygen atoms in total. The second-order valence-corrected chi connectivity index (χ2v) is 9.78. The molecular formula is C28H29FN8O. The van der Waals surface area contributed by atoms with E-state index in [0.717, 1.165) is 71.0 Å². The van der Waals surface area contributed by atoms with Crippen molar-refractivity contribution in [1.29, 1.82) is 0 Å². The van der Waals surface area contributed by atoms with Gasteiger partial charge in [0, 0.05) is 73.4 Å². The largest absolute Gasteiger partial charge is 0.392 e. The summed E-state index contributed by atoms with van der Waals surface area (Å²) in [5.41, 5.74) is 5.20. The van der Waals surface area contributed by atoms with Crippen molar-refractivity contribution in [2.45, 2.75) is 19.6 Å². The van der Waals surface area contributed by atoms with Crippen molar-refractivity contribution in [1.82, 2.24) is 34.6 Å². The minimum Gasteiger partial charge on any atom is -0.392 e. The number of hydrogen-bond donors (Lipinski definition) is 2. The summed E-state index contributed by atoms with van der Waals surface area (Å²) < 4.78 is 15.4. The van der Waals surface area contributed by atoms with Gasteiger partial charge in [-0.1, -0.05) is 12.1 Å². The molecule has 0 spiro atoms. The summed E-state index contributed by atoms with van der Waals surface area (Å²) in [5, 5.41) is 15.1. The predicted octanol–water partition coefficient (Wildman–Crippen LogP) is 3.57. The highest BCUT2D eigenvalue weighted by Gasteiger charge is 2.19. The molecule has 0 amide bonds. The van der Waals surface area contributed by atoms with E-state index in [9.17, 15) is 9.50 Å². The fourth-order valence-electron chi connectivity index (χ4n) is 4.96. The van der Waals surface area contributed by atoms with E-state index in [1.165, 1.54) is 12.1 Å². The maximum absolute atomic E-state index is 13.6. The fourth-order valence-corrected chi connectivity index (χ4v) is 4.96. The third kappa shape index (κ3) is 5.13. The molecule has 1 atom stereocenters. The number of pyridine rings is 1. The van der Waals surface area contributed by atoms with Gasteiger partial charge in [0.1, 0.15) is 17.3 Å². The second-order valence-electron chi connectivity index (χ2n) is 9.78. The van der Waals surface area contributed by atoms with Crippen molar-refractivity contribution in [3.63, 3.8) is 0 Å². The normalized spacial score (nSPS) is 15.3. The number of nitrogens with one attached hydrogen (secondary N) is 1. The van der Waals surface area contributed by atoms with Crippen molar-refractivity contribution in [3.8, 4) is 22.4 Å².